The Morgan fingerprint density at radius 1 is 1.41 bits per heavy atom. The molecule has 27 heavy (non-hydrogen) atoms. The third kappa shape index (κ3) is 3.74. The lowest BCUT2D eigenvalue weighted by Gasteiger charge is -2.13. The molecule has 0 saturated carbocycles. The summed E-state index contributed by atoms with van der Waals surface area (Å²) >= 11 is 3.14. The third-order valence-electron chi connectivity index (χ3n) is 4.76. The van der Waals surface area contributed by atoms with Gasteiger partial charge in [0, 0.05) is 29.8 Å². The topological polar surface area (TPSA) is 44.1 Å². The third-order valence-corrected chi connectivity index (χ3v) is 6.74. The van der Waals surface area contributed by atoms with Crippen LogP contribution in [-0.4, -0.2) is 28.0 Å². The largest absolute Gasteiger partial charge is 0.377 e. The van der Waals surface area contributed by atoms with Crippen LogP contribution in [0.4, 0.5) is 0 Å². The Bertz CT molecular complexity index is 1020. The minimum atomic E-state index is 0.00608. The van der Waals surface area contributed by atoms with E-state index in [4.69, 9.17) is 9.72 Å². The molecular weight excluding hydrogens is 376 g/mol. The Balaban J connectivity index is 1.76. The summed E-state index contributed by atoms with van der Waals surface area (Å²) in [5, 5.41) is 3.49. The van der Waals surface area contributed by atoms with Crippen molar-refractivity contribution in [2.75, 3.05) is 12.4 Å². The number of thiophene rings is 1. The fourth-order valence-electron chi connectivity index (χ4n) is 3.29. The first-order valence-corrected chi connectivity index (χ1v) is 11.0. The number of aromatic nitrogens is 2. The van der Waals surface area contributed by atoms with Crippen molar-refractivity contribution in [2.24, 2.45) is 0 Å². The second-order valence-electron chi connectivity index (χ2n) is 6.74. The number of thioether (sulfide) groups is 1. The van der Waals surface area contributed by atoms with Crippen molar-refractivity contribution in [3.8, 4) is 11.1 Å². The molecule has 0 amide bonds. The van der Waals surface area contributed by atoms with Crippen LogP contribution in [-0.2, 0) is 11.3 Å². The van der Waals surface area contributed by atoms with Gasteiger partial charge in [-0.05, 0) is 25.3 Å². The predicted octanol–water partition coefficient (Wildman–Crippen LogP) is 4.89. The van der Waals surface area contributed by atoms with Crippen molar-refractivity contribution in [1.82, 2.24) is 9.55 Å². The van der Waals surface area contributed by atoms with Gasteiger partial charge in [-0.2, -0.15) is 0 Å². The zero-order valence-corrected chi connectivity index (χ0v) is 16.9. The van der Waals surface area contributed by atoms with E-state index in [2.05, 4.69) is 37.8 Å². The van der Waals surface area contributed by atoms with Crippen LogP contribution in [0.15, 0.2) is 52.3 Å². The number of hydrogen-bond acceptors (Lipinski definition) is 5. The smallest absolute Gasteiger partial charge is 0.263 e. The number of benzene rings is 1. The monoisotopic (exact) mass is 398 g/mol. The number of rotatable bonds is 6. The van der Waals surface area contributed by atoms with E-state index in [1.165, 1.54) is 16.9 Å². The fraction of sp³-hybridized carbons (Fsp3) is 0.333. The first kappa shape index (κ1) is 18.5. The lowest BCUT2D eigenvalue weighted by molar-refractivity contribution is 0.129. The molecule has 1 aliphatic rings. The van der Waals surface area contributed by atoms with Gasteiger partial charge in [0.1, 0.15) is 4.83 Å². The molecule has 1 saturated heterocycles. The van der Waals surface area contributed by atoms with E-state index in [-0.39, 0.29) is 11.7 Å². The molecular formula is C21H22N2O2S2. The quantitative estimate of drug-likeness (QED) is 0.337. The highest BCUT2D eigenvalue weighted by atomic mass is 32.2. The normalized spacial score (nSPS) is 16.9. The summed E-state index contributed by atoms with van der Waals surface area (Å²) in [7, 11) is 0. The minimum absolute atomic E-state index is 0.00608. The summed E-state index contributed by atoms with van der Waals surface area (Å²) in [6.07, 6.45) is 4.20. The number of ether oxygens (including phenoxy) is 1. The summed E-state index contributed by atoms with van der Waals surface area (Å²) in [6, 6.07) is 8.27. The minimum Gasteiger partial charge on any atom is -0.377 e. The van der Waals surface area contributed by atoms with Crippen molar-refractivity contribution >= 4 is 33.3 Å². The zero-order chi connectivity index (χ0) is 18.8. The Morgan fingerprint density at radius 2 is 2.22 bits per heavy atom. The second-order valence-corrected chi connectivity index (χ2v) is 8.59. The van der Waals surface area contributed by atoms with Crippen molar-refractivity contribution < 1.29 is 4.74 Å². The Hall–Kier alpha value is -1.89. The van der Waals surface area contributed by atoms with Gasteiger partial charge in [-0.25, -0.2) is 4.98 Å². The number of hydrogen-bond donors (Lipinski definition) is 0. The van der Waals surface area contributed by atoms with Crippen molar-refractivity contribution in [1.29, 1.82) is 0 Å². The van der Waals surface area contributed by atoms with Crippen molar-refractivity contribution in [2.45, 2.75) is 37.6 Å². The maximum Gasteiger partial charge on any atom is 0.263 e. The number of allylic oxidation sites excluding steroid dienone is 1. The van der Waals surface area contributed by atoms with Crippen LogP contribution in [0.3, 0.4) is 0 Å². The molecule has 6 heteroatoms. The molecule has 4 rings (SSSR count). The van der Waals surface area contributed by atoms with Crippen LogP contribution >= 0.6 is 23.1 Å². The summed E-state index contributed by atoms with van der Waals surface area (Å²) in [5.41, 5.74) is 3.22. The summed E-state index contributed by atoms with van der Waals surface area (Å²) in [5.74, 6) is 0.825. The zero-order valence-electron chi connectivity index (χ0n) is 15.3. The average Bonchev–Trinajstić information content (AvgIpc) is 3.33. The van der Waals surface area contributed by atoms with E-state index in [1.807, 2.05) is 5.38 Å². The molecule has 4 nitrogen and oxygen atoms in total. The SMILES string of the molecule is C=CCn1c(SC[C@H]2CCCO2)nc2scc(-c3ccc(C)cc3)c2c1=O. The van der Waals surface area contributed by atoms with E-state index in [1.54, 1.807) is 22.4 Å². The highest BCUT2D eigenvalue weighted by molar-refractivity contribution is 7.99. The molecule has 0 N–H and O–H groups in total. The van der Waals surface area contributed by atoms with Crippen LogP contribution in [0.2, 0.25) is 0 Å². The van der Waals surface area contributed by atoms with Crippen LogP contribution in [0.5, 0.6) is 0 Å². The molecule has 0 radical (unpaired) electrons. The Morgan fingerprint density at radius 3 is 2.93 bits per heavy atom. The van der Waals surface area contributed by atoms with E-state index in [0.717, 1.165) is 46.3 Å². The van der Waals surface area contributed by atoms with Gasteiger partial charge in [-0.15, -0.1) is 17.9 Å². The van der Waals surface area contributed by atoms with Gasteiger partial charge in [0.05, 0.1) is 11.5 Å². The predicted molar refractivity (Wildman–Crippen MR) is 114 cm³/mol. The first-order chi connectivity index (χ1) is 13.2. The van der Waals surface area contributed by atoms with Crippen molar-refractivity contribution in [3.63, 3.8) is 0 Å². The van der Waals surface area contributed by atoms with Gasteiger partial charge in [-0.3, -0.25) is 9.36 Å². The number of fused-ring (bicyclic) bond motifs is 1. The first-order valence-electron chi connectivity index (χ1n) is 9.11. The highest BCUT2D eigenvalue weighted by Gasteiger charge is 2.20. The van der Waals surface area contributed by atoms with Crippen LogP contribution in [0, 0.1) is 6.92 Å². The molecule has 140 valence electrons. The van der Waals surface area contributed by atoms with E-state index < -0.39 is 0 Å². The van der Waals surface area contributed by atoms with Gasteiger partial charge in [0.15, 0.2) is 5.16 Å². The molecule has 1 aromatic carbocycles. The lowest BCUT2D eigenvalue weighted by atomic mass is 10.1. The number of aryl methyl sites for hydroxylation is 1. The van der Waals surface area contributed by atoms with Crippen LogP contribution < -0.4 is 5.56 Å². The second kappa shape index (κ2) is 8.00. The molecule has 0 bridgehead atoms. The van der Waals surface area contributed by atoms with Gasteiger partial charge in [-0.1, -0.05) is 47.7 Å². The summed E-state index contributed by atoms with van der Waals surface area (Å²) in [6.45, 7) is 7.17. The summed E-state index contributed by atoms with van der Waals surface area (Å²) < 4.78 is 7.45. The van der Waals surface area contributed by atoms with E-state index >= 15 is 0 Å². The molecule has 0 aliphatic carbocycles. The Kier molecular flexibility index (Phi) is 5.48. The standard InChI is InChI=1S/C21H22N2O2S2/c1-3-10-23-20(24)18-17(15-8-6-14(2)7-9-15)13-26-19(18)22-21(23)27-12-16-5-4-11-25-16/h3,6-9,13,16H,1,4-5,10-12H2,2H3/t16-/m1/s1. The van der Waals surface area contributed by atoms with Gasteiger partial charge < -0.3 is 4.74 Å². The van der Waals surface area contributed by atoms with Crippen LogP contribution in [0.1, 0.15) is 18.4 Å². The Labute approximate surface area is 166 Å². The van der Waals surface area contributed by atoms with Gasteiger partial charge >= 0.3 is 0 Å². The maximum absolute atomic E-state index is 13.3. The molecule has 0 unspecified atom stereocenters. The lowest BCUT2D eigenvalue weighted by Crippen LogP contribution is -2.23. The molecule has 1 atom stereocenters. The molecule has 3 heterocycles. The highest BCUT2D eigenvalue weighted by Crippen LogP contribution is 2.32. The molecule has 1 fully saturated rings. The van der Waals surface area contributed by atoms with Gasteiger partial charge in [0.2, 0.25) is 0 Å². The van der Waals surface area contributed by atoms with Crippen LogP contribution in [0.25, 0.3) is 21.3 Å². The molecule has 3 aromatic rings. The van der Waals surface area contributed by atoms with E-state index in [9.17, 15) is 4.79 Å². The number of nitrogens with zero attached hydrogens (tertiary/aromatic N) is 2. The fourth-order valence-corrected chi connectivity index (χ4v) is 5.36. The average molecular weight is 399 g/mol. The molecule has 0 spiro atoms. The van der Waals surface area contributed by atoms with Gasteiger partial charge in [0.25, 0.3) is 5.56 Å². The summed E-state index contributed by atoms with van der Waals surface area (Å²) in [4.78, 5) is 18.9. The van der Waals surface area contributed by atoms with E-state index in [0.29, 0.717) is 11.9 Å². The van der Waals surface area contributed by atoms with Crippen molar-refractivity contribution in [3.05, 3.63) is 58.2 Å². The maximum atomic E-state index is 13.3. The molecule has 1 aliphatic heterocycles. The molecule has 2 aromatic heterocycles.